The fourth-order valence-corrected chi connectivity index (χ4v) is 4.16. The SMILES string of the molecule is Cc1c(CN)cc(Cl)cc1S(=O)(=O)Nc1ccccc1Br. The Labute approximate surface area is 137 Å². The summed E-state index contributed by atoms with van der Waals surface area (Å²) in [5.74, 6) is 0. The largest absolute Gasteiger partial charge is 0.326 e. The second kappa shape index (κ2) is 6.36. The van der Waals surface area contributed by atoms with Crippen molar-refractivity contribution in [1.29, 1.82) is 0 Å². The van der Waals surface area contributed by atoms with Gasteiger partial charge in [0.1, 0.15) is 0 Å². The van der Waals surface area contributed by atoms with Crippen molar-refractivity contribution >= 4 is 43.2 Å². The Morgan fingerprint density at radius 2 is 1.95 bits per heavy atom. The van der Waals surface area contributed by atoms with Crippen LogP contribution in [0.15, 0.2) is 45.8 Å². The summed E-state index contributed by atoms with van der Waals surface area (Å²) in [5, 5.41) is 0.341. The van der Waals surface area contributed by atoms with Crippen molar-refractivity contribution < 1.29 is 8.42 Å². The van der Waals surface area contributed by atoms with Crippen LogP contribution in [0.3, 0.4) is 0 Å². The van der Waals surface area contributed by atoms with Crippen LogP contribution in [0.4, 0.5) is 5.69 Å². The van der Waals surface area contributed by atoms with E-state index >= 15 is 0 Å². The third kappa shape index (κ3) is 3.58. The van der Waals surface area contributed by atoms with Gasteiger partial charge in [0.15, 0.2) is 0 Å². The molecule has 0 radical (unpaired) electrons. The van der Waals surface area contributed by atoms with Crippen LogP contribution in [-0.2, 0) is 16.6 Å². The van der Waals surface area contributed by atoms with Gasteiger partial charge < -0.3 is 5.73 Å². The van der Waals surface area contributed by atoms with Crippen LogP contribution in [0, 0.1) is 6.92 Å². The van der Waals surface area contributed by atoms with Gasteiger partial charge in [-0.15, -0.1) is 0 Å². The molecule has 112 valence electrons. The van der Waals surface area contributed by atoms with Gasteiger partial charge in [-0.25, -0.2) is 8.42 Å². The van der Waals surface area contributed by atoms with E-state index < -0.39 is 10.0 Å². The van der Waals surface area contributed by atoms with E-state index in [4.69, 9.17) is 17.3 Å². The molecule has 0 aromatic heterocycles. The summed E-state index contributed by atoms with van der Waals surface area (Å²) in [6, 6.07) is 10.1. The number of nitrogens with one attached hydrogen (secondary N) is 1. The van der Waals surface area contributed by atoms with Gasteiger partial charge >= 0.3 is 0 Å². The molecular formula is C14H14BrClN2O2S. The van der Waals surface area contributed by atoms with E-state index in [-0.39, 0.29) is 11.4 Å². The minimum Gasteiger partial charge on any atom is -0.326 e. The van der Waals surface area contributed by atoms with Gasteiger partial charge in [0.2, 0.25) is 0 Å². The van der Waals surface area contributed by atoms with Crippen molar-refractivity contribution in [1.82, 2.24) is 0 Å². The number of anilines is 1. The minimum atomic E-state index is -3.74. The van der Waals surface area contributed by atoms with Gasteiger partial charge in [-0.1, -0.05) is 23.7 Å². The molecule has 7 heteroatoms. The van der Waals surface area contributed by atoms with Crippen molar-refractivity contribution in [2.75, 3.05) is 4.72 Å². The van der Waals surface area contributed by atoms with Gasteiger partial charge in [0.25, 0.3) is 10.0 Å². The Kier molecular flexibility index (Phi) is 4.93. The maximum atomic E-state index is 12.6. The fourth-order valence-electron chi connectivity index (χ4n) is 1.94. The van der Waals surface area contributed by atoms with Crippen LogP contribution in [0.1, 0.15) is 11.1 Å². The maximum absolute atomic E-state index is 12.6. The number of sulfonamides is 1. The molecule has 2 aromatic rings. The Morgan fingerprint density at radius 1 is 1.29 bits per heavy atom. The van der Waals surface area contributed by atoms with E-state index in [0.29, 0.717) is 26.3 Å². The molecule has 0 atom stereocenters. The highest BCUT2D eigenvalue weighted by atomic mass is 79.9. The number of rotatable bonds is 4. The number of hydrogen-bond acceptors (Lipinski definition) is 3. The molecule has 0 aliphatic carbocycles. The lowest BCUT2D eigenvalue weighted by Gasteiger charge is -2.14. The van der Waals surface area contributed by atoms with Crippen molar-refractivity contribution in [2.24, 2.45) is 5.73 Å². The lowest BCUT2D eigenvalue weighted by atomic mass is 10.1. The Hall–Kier alpha value is -1.08. The van der Waals surface area contributed by atoms with E-state index in [1.807, 2.05) is 0 Å². The van der Waals surface area contributed by atoms with E-state index in [1.165, 1.54) is 6.07 Å². The van der Waals surface area contributed by atoms with Crippen molar-refractivity contribution in [3.63, 3.8) is 0 Å². The predicted molar refractivity (Wildman–Crippen MR) is 89.0 cm³/mol. The molecule has 0 aliphatic rings. The summed E-state index contributed by atoms with van der Waals surface area (Å²) < 4.78 is 28.3. The molecule has 0 aliphatic heterocycles. The average molecular weight is 390 g/mol. The summed E-state index contributed by atoms with van der Waals surface area (Å²) in [5.41, 5.74) is 7.39. The van der Waals surface area contributed by atoms with Gasteiger partial charge in [-0.05, 0) is 58.2 Å². The van der Waals surface area contributed by atoms with Crippen molar-refractivity contribution in [3.05, 3.63) is 57.0 Å². The van der Waals surface area contributed by atoms with E-state index in [0.717, 1.165) is 0 Å². The summed E-state index contributed by atoms with van der Waals surface area (Å²) in [7, 11) is -3.74. The van der Waals surface area contributed by atoms with Gasteiger partial charge in [-0.3, -0.25) is 4.72 Å². The average Bonchev–Trinajstić information content (AvgIpc) is 2.43. The fraction of sp³-hybridized carbons (Fsp3) is 0.143. The summed E-state index contributed by atoms with van der Waals surface area (Å²) in [4.78, 5) is 0.131. The predicted octanol–water partition coefficient (Wildman–Crippen LogP) is 3.67. The third-order valence-corrected chi connectivity index (χ3v) is 5.46. The Balaban J connectivity index is 2.50. The lowest BCUT2D eigenvalue weighted by Crippen LogP contribution is -2.16. The Bertz CT molecular complexity index is 779. The molecule has 0 spiro atoms. The zero-order valence-electron chi connectivity index (χ0n) is 11.2. The monoisotopic (exact) mass is 388 g/mol. The lowest BCUT2D eigenvalue weighted by molar-refractivity contribution is 0.600. The topological polar surface area (TPSA) is 72.2 Å². The molecule has 0 saturated carbocycles. The molecule has 0 unspecified atom stereocenters. The Morgan fingerprint density at radius 3 is 2.57 bits per heavy atom. The first kappa shape index (κ1) is 16.3. The quantitative estimate of drug-likeness (QED) is 0.838. The highest BCUT2D eigenvalue weighted by Crippen LogP contribution is 2.28. The third-order valence-electron chi connectivity index (χ3n) is 3.06. The number of halogens is 2. The molecule has 0 fully saturated rings. The zero-order chi connectivity index (χ0) is 15.6. The molecule has 21 heavy (non-hydrogen) atoms. The molecule has 0 bridgehead atoms. The summed E-state index contributed by atoms with van der Waals surface area (Å²) in [6.45, 7) is 1.94. The number of para-hydroxylation sites is 1. The minimum absolute atomic E-state index is 0.131. The molecule has 0 amide bonds. The van der Waals surface area contributed by atoms with Crippen LogP contribution in [0.25, 0.3) is 0 Å². The number of hydrogen-bond donors (Lipinski definition) is 2. The first-order valence-electron chi connectivity index (χ1n) is 6.11. The van der Waals surface area contributed by atoms with E-state index in [9.17, 15) is 8.42 Å². The molecule has 3 N–H and O–H groups in total. The van der Waals surface area contributed by atoms with E-state index in [1.54, 1.807) is 37.3 Å². The number of benzene rings is 2. The first-order chi connectivity index (χ1) is 9.85. The van der Waals surface area contributed by atoms with Crippen molar-refractivity contribution in [2.45, 2.75) is 18.4 Å². The molecule has 0 saturated heterocycles. The second-order valence-corrected chi connectivity index (χ2v) is 7.42. The van der Waals surface area contributed by atoms with Crippen LogP contribution in [-0.4, -0.2) is 8.42 Å². The van der Waals surface area contributed by atoms with Gasteiger partial charge in [0, 0.05) is 16.0 Å². The van der Waals surface area contributed by atoms with E-state index in [2.05, 4.69) is 20.7 Å². The van der Waals surface area contributed by atoms with Crippen molar-refractivity contribution in [3.8, 4) is 0 Å². The maximum Gasteiger partial charge on any atom is 0.262 e. The highest BCUT2D eigenvalue weighted by molar-refractivity contribution is 9.10. The molecule has 2 aromatic carbocycles. The molecule has 2 rings (SSSR count). The van der Waals surface area contributed by atoms with Crippen LogP contribution in [0.5, 0.6) is 0 Å². The highest BCUT2D eigenvalue weighted by Gasteiger charge is 2.20. The smallest absolute Gasteiger partial charge is 0.262 e. The van der Waals surface area contributed by atoms with Crippen LogP contribution in [0.2, 0.25) is 5.02 Å². The second-order valence-electron chi connectivity index (χ2n) is 4.48. The zero-order valence-corrected chi connectivity index (χ0v) is 14.4. The normalized spacial score (nSPS) is 11.4. The van der Waals surface area contributed by atoms with Gasteiger partial charge in [-0.2, -0.15) is 0 Å². The summed E-state index contributed by atoms with van der Waals surface area (Å²) in [6.07, 6.45) is 0. The molecular weight excluding hydrogens is 376 g/mol. The van der Waals surface area contributed by atoms with Crippen LogP contribution < -0.4 is 10.5 Å². The van der Waals surface area contributed by atoms with Gasteiger partial charge in [0.05, 0.1) is 10.6 Å². The van der Waals surface area contributed by atoms with Crippen LogP contribution >= 0.6 is 27.5 Å². The number of nitrogens with two attached hydrogens (primary N) is 1. The summed E-state index contributed by atoms with van der Waals surface area (Å²) >= 11 is 9.29. The standard InChI is InChI=1S/C14H14BrClN2O2S/c1-9-10(8-17)6-11(16)7-14(9)21(19,20)18-13-5-3-2-4-12(13)15/h2-7,18H,8,17H2,1H3. The molecule has 0 heterocycles. The first-order valence-corrected chi connectivity index (χ1v) is 8.77. The molecule has 4 nitrogen and oxygen atoms in total.